The van der Waals surface area contributed by atoms with E-state index in [1.54, 1.807) is 0 Å². The van der Waals surface area contributed by atoms with Crippen molar-refractivity contribution in [3.8, 4) is 0 Å². The third-order valence-electron chi connectivity index (χ3n) is 2.35. The first-order chi connectivity index (χ1) is 6.20. The van der Waals surface area contributed by atoms with Crippen molar-refractivity contribution in [2.75, 3.05) is 0 Å². The molecular formula is C9H11ClF2N2. The normalized spacial score (nSPS) is 17.4. The highest BCUT2D eigenvalue weighted by Crippen LogP contribution is 2.40. The van der Waals surface area contributed by atoms with Gasteiger partial charge in [-0.1, -0.05) is 0 Å². The van der Waals surface area contributed by atoms with Crippen molar-refractivity contribution >= 4 is 12.4 Å². The Hall–Kier alpha value is -0.740. The number of nitrogens with zero attached hydrogens (tertiary/aromatic N) is 1. The van der Waals surface area contributed by atoms with Crippen molar-refractivity contribution in [3.63, 3.8) is 0 Å². The maximum absolute atomic E-state index is 13.1. The van der Waals surface area contributed by atoms with E-state index in [1.807, 2.05) is 0 Å². The molecule has 78 valence electrons. The average Bonchev–Trinajstić information content (AvgIpc) is 2.85. The van der Waals surface area contributed by atoms with Crippen LogP contribution in [0.5, 0.6) is 0 Å². The van der Waals surface area contributed by atoms with Crippen molar-refractivity contribution in [1.82, 2.24) is 4.98 Å². The standard InChI is InChI=1S/C9H10F2N2.ClH/c10-6-3-13-4-7(11)8(6)9(12)5-1-2-5;/h3-5,9H,1-2,12H2;1H/t9-;/m1./s1. The fourth-order valence-electron chi connectivity index (χ4n) is 1.43. The molecule has 2 N–H and O–H groups in total. The molecule has 1 aliphatic carbocycles. The summed E-state index contributed by atoms with van der Waals surface area (Å²) in [6.45, 7) is 0. The molecule has 1 aromatic rings. The van der Waals surface area contributed by atoms with Gasteiger partial charge in [-0.2, -0.15) is 0 Å². The summed E-state index contributed by atoms with van der Waals surface area (Å²) in [6.07, 6.45) is 3.92. The fourth-order valence-corrected chi connectivity index (χ4v) is 1.43. The van der Waals surface area contributed by atoms with Crippen molar-refractivity contribution < 1.29 is 8.78 Å². The maximum atomic E-state index is 13.1. The SMILES string of the molecule is Cl.N[C@@H](c1c(F)cncc1F)C1CC1. The number of pyridine rings is 1. The van der Waals surface area contributed by atoms with E-state index in [-0.39, 0.29) is 23.9 Å². The fraction of sp³-hybridized carbons (Fsp3) is 0.444. The van der Waals surface area contributed by atoms with Gasteiger partial charge in [0, 0.05) is 11.6 Å². The van der Waals surface area contributed by atoms with Crippen LogP contribution in [-0.2, 0) is 0 Å². The van der Waals surface area contributed by atoms with Crippen LogP contribution in [0, 0.1) is 17.6 Å². The Morgan fingerprint density at radius 3 is 2.21 bits per heavy atom. The van der Waals surface area contributed by atoms with Gasteiger partial charge < -0.3 is 5.73 Å². The monoisotopic (exact) mass is 220 g/mol. The van der Waals surface area contributed by atoms with E-state index in [0.717, 1.165) is 25.2 Å². The van der Waals surface area contributed by atoms with Gasteiger partial charge in [0.1, 0.15) is 11.6 Å². The lowest BCUT2D eigenvalue weighted by Gasteiger charge is -2.11. The molecular weight excluding hydrogens is 210 g/mol. The lowest BCUT2D eigenvalue weighted by Crippen LogP contribution is -2.16. The van der Waals surface area contributed by atoms with Gasteiger partial charge in [0.2, 0.25) is 0 Å². The third kappa shape index (κ3) is 2.01. The second kappa shape index (κ2) is 4.19. The van der Waals surface area contributed by atoms with Crippen molar-refractivity contribution in [3.05, 3.63) is 29.6 Å². The molecule has 0 bridgehead atoms. The minimum absolute atomic E-state index is 0. The smallest absolute Gasteiger partial charge is 0.149 e. The van der Waals surface area contributed by atoms with E-state index in [0.29, 0.717) is 0 Å². The highest BCUT2D eigenvalue weighted by atomic mass is 35.5. The summed E-state index contributed by atoms with van der Waals surface area (Å²) < 4.78 is 26.2. The number of nitrogens with two attached hydrogens (primary N) is 1. The topological polar surface area (TPSA) is 38.9 Å². The number of aromatic nitrogens is 1. The van der Waals surface area contributed by atoms with Gasteiger partial charge in [0.25, 0.3) is 0 Å². The minimum Gasteiger partial charge on any atom is -0.324 e. The van der Waals surface area contributed by atoms with E-state index < -0.39 is 17.7 Å². The molecule has 0 radical (unpaired) electrons. The van der Waals surface area contributed by atoms with Gasteiger partial charge in [-0.15, -0.1) is 12.4 Å². The summed E-state index contributed by atoms with van der Waals surface area (Å²) >= 11 is 0. The molecule has 2 nitrogen and oxygen atoms in total. The second-order valence-electron chi connectivity index (χ2n) is 3.38. The van der Waals surface area contributed by atoms with Crippen molar-refractivity contribution in [2.24, 2.45) is 11.7 Å². The number of hydrogen-bond acceptors (Lipinski definition) is 2. The summed E-state index contributed by atoms with van der Waals surface area (Å²) in [7, 11) is 0. The number of halogens is 3. The molecule has 1 saturated carbocycles. The van der Waals surface area contributed by atoms with Crippen molar-refractivity contribution in [2.45, 2.75) is 18.9 Å². The molecule has 1 atom stereocenters. The highest BCUT2D eigenvalue weighted by molar-refractivity contribution is 5.85. The van der Waals surface area contributed by atoms with E-state index in [9.17, 15) is 8.78 Å². The van der Waals surface area contributed by atoms with E-state index in [1.165, 1.54) is 0 Å². The zero-order chi connectivity index (χ0) is 9.42. The predicted octanol–water partition coefficient (Wildman–Crippen LogP) is 2.19. The van der Waals surface area contributed by atoms with Gasteiger partial charge in [-0.05, 0) is 18.8 Å². The van der Waals surface area contributed by atoms with Crippen LogP contribution in [0.1, 0.15) is 24.4 Å². The Bertz CT molecular complexity index is 308. The van der Waals surface area contributed by atoms with Crippen LogP contribution < -0.4 is 5.73 Å². The molecule has 14 heavy (non-hydrogen) atoms. The molecule has 1 aromatic heterocycles. The molecule has 0 spiro atoms. The zero-order valence-electron chi connectivity index (χ0n) is 7.41. The van der Waals surface area contributed by atoms with Crippen molar-refractivity contribution in [1.29, 1.82) is 0 Å². The average molecular weight is 221 g/mol. The van der Waals surface area contributed by atoms with Gasteiger partial charge in [-0.25, -0.2) is 8.78 Å². The molecule has 2 rings (SSSR count). The zero-order valence-corrected chi connectivity index (χ0v) is 8.23. The van der Waals surface area contributed by atoms with Crippen LogP contribution in [0.4, 0.5) is 8.78 Å². The quantitative estimate of drug-likeness (QED) is 0.830. The van der Waals surface area contributed by atoms with Crippen LogP contribution in [-0.4, -0.2) is 4.98 Å². The first-order valence-electron chi connectivity index (χ1n) is 4.24. The molecule has 0 aromatic carbocycles. The Balaban J connectivity index is 0.000000980. The Labute approximate surface area is 86.9 Å². The largest absolute Gasteiger partial charge is 0.324 e. The lowest BCUT2D eigenvalue weighted by atomic mass is 10.0. The molecule has 1 aliphatic rings. The molecule has 5 heteroatoms. The van der Waals surface area contributed by atoms with Gasteiger partial charge in [-0.3, -0.25) is 4.98 Å². The molecule has 0 amide bonds. The summed E-state index contributed by atoms with van der Waals surface area (Å²) in [5, 5.41) is 0. The van der Waals surface area contributed by atoms with Gasteiger partial charge in [0.15, 0.2) is 0 Å². The first kappa shape index (κ1) is 11.3. The summed E-state index contributed by atoms with van der Waals surface area (Å²) in [5.41, 5.74) is 5.68. The van der Waals surface area contributed by atoms with Gasteiger partial charge in [0.05, 0.1) is 12.4 Å². The minimum atomic E-state index is -0.639. The second-order valence-corrected chi connectivity index (χ2v) is 3.38. The van der Waals surface area contributed by atoms with Crippen LogP contribution in [0.2, 0.25) is 0 Å². The maximum Gasteiger partial charge on any atom is 0.149 e. The predicted molar refractivity (Wildman–Crippen MR) is 51.1 cm³/mol. The highest BCUT2D eigenvalue weighted by Gasteiger charge is 2.32. The van der Waals surface area contributed by atoms with Gasteiger partial charge >= 0.3 is 0 Å². The number of hydrogen-bond donors (Lipinski definition) is 1. The molecule has 0 aliphatic heterocycles. The number of rotatable bonds is 2. The summed E-state index contributed by atoms with van der Waals surface area (Å²) in [5.74, 6) is -1.04. The lowest BCUT2D eigenvalue weighted by molar-refractivity contribution is 0.497. The summed E-state index contributed by atoms with van der Waals surface area (Å²) in [4.78, 5) is 3.40. The van der Waals surface area contributed by atoms with E-state index in [4.69, 9.17) is 5.73 Å². The Morgan fingerprint density at radius 2 is 1.79 bits per heavy atom. The molecule has 1 fully saturated rings. The Kier molecular flexibility index (Phi) is 3.39. The van der Waals surface area contributed by atoms with Crippen LogP contribution in [0.3, 0.4) is 0 Å². The molecule has 0 unspecified atom stereocenters. The van der Waals surface area contributed by atoms with Crippen LogP contribution in [0.25, 0.3) is 0 Å². The summed E-state index contributed by atoms with van der Waals surface area (Å²) in [6, 6.07) is -0.511. The van der Waals surface area contributed by atoms with E-state index in [2.05, 4.69) is 4.98 Å². The molecule has 1 heterocycles. The Morgan fingerprint density at radius 1 is 1.29 bits per heavy atom. The molecule has 0 saturated heterocycles. The van der Waals surface area contributed by atoms with Crippen LogP contribution in [0.15, 0.2) is 12.4 Å². The van der Waals surface area contributed by atoms with Crippen LogP contribution >= 0.6 is 12.4 Å². The third-order valence-corrected chi connectivity index (χ3v) is 2.35. The first-order valence-corrected chi connectivity index (χ1v) is 4.24. The van der Waals surface area contributed by atoms with E-state index >= 15 is 0 Å².